The van der Waals surface area contributed by atoms with Gasteiger partial charge in [-0.1, -0.05) is 48.0 Å². The number of halogens is 1. The second-order valence-corrected chi connectivity index (χ2v) is 7.80. The van der Waals surface area contributed by atoms with Crippen molar-refractivity contribution in [3.63, 3.8) is 0 Å². The van der Waals surface area contributed by atoms with Gasteiger partial charge in [0, 0.05) is 17.0 Å². The Bertz CT molecular complexity index is 1190. The molecule has 0 unspecified atom stereocenters. The van der Waals surface area contributed by atoms with Gasteiger partial charge in [-0.05, 0) is 42.7 Å². The molecule has 0 bridgehead atoms. The van der Waals surface area contributed by atoms with E-state index in [1.165, 1.54) is 0 Å². The van der Waals surface area contributed by atoms with Gasteiger partial charge < -0.3 is 5.32 Å². The molecule has 0 aliphatic heterocycles. The highest BCUT2D eigenvalue weighted by molar-refractivity contribution is 6.31. The van der Waals surface area contributed by atoms with E-state index in [2.05, 4.69) is 10.4 Å². The Balaban J connectivity index is 1.43. The van der Waals surface area contributed by atoms with Crippen molar-refractivity contribution in [2.75, 3.05) is 5.32 Å². The van der Waals surface area contributed by atoms with Crippen molar-refractivity contribution in [3.05, 3.63) is 94.9 Å². The maximum Gasteiger partial charge on any atom is 0.275 e. The van der Waals surface area contributed by atoms with Crippen LogP contribution in [0.4, 0.5) is 5.82 Å². The fourth-order valence-corrected chi connectivity index (χ4v) is 3.63. The van der Waals surface area contributed by atoms with E-state index in [0.717, 1.165) is 29.8 Å². The Morgan fingerprint density at radius 2 is 1.83 bits per heavy atom. The van der Waals surface area contributed by atoms with Gasteiger partial charge in [0.05, 0.1) is 24.1 Å². The third kappa shape index (κ3) is 3.74. The molecule has 150 valence electrons. The smallest absolute Gasteiger partial charge is 0.275 e. The molecule has 6 nitrogen and oxygen atoms in total. The van der Waals surface area contributed by atoms with Crippen molar-refractivity contribution in [2.24, 2.45) is 0 Å². The molecule has 2 heterocycles. The quantitative estimate of drug-likeness (QED) is 0.485. The number of para-hydroxylation sites is 1. The van der Waals surface area contributed by atoms with Gasteiger partial charge in [-0.3, -0.25) is 4.79 Å². The number of anilines is 1. The lowest BCUT2D eigenvalue weighted by Gasteiger charge is -2.11. The third-order valence-electron chi connectivity index (χ3n) is 5.19. The summed E-state index contributed by atoms with van der Waals surface area (Å²) in [5.41, 5.74) is 3.27. The minimum atomic E-state index is -0.223. The average Bonchev–Trinajstić information content (AvgIpc) is 3.37. The molecule has 1 aliphatic rings. The fourth-order valence-electron chi connectivity index (χ4n) is 3.44. The van der Waals surface area contributed by atoms with E-state index < -0.39 is 0 Å². The zero-order chi connectivity index (χ0) is 20.5. The van der Waals surface area contributed by atoms with Crippen LogP contribution in [0, 0.1) is 0 Å². The van der Waals surface area contributed by atoms with Crippen molar-refractivity contribution >= 4 is 23.3 Å². The van der Waals surface area contributed by atoms with E-state index in [0.29, 0.717) is 29.0 Å². The predicted octanol–water partition coefficient (Wildman–Crippen LogP) is 4.90. The predicted molar refractivity (Wildman–Crippen MR) is 116 cm³/mol. The molecule has 1 N–H and O–H groups in total. The number of carbonyl (C=O) groups excluding carboxylic acids is 1. The van der Waals surface area contributed by atoms with Crippen molar-refractivity contribution in [1.29, 1.82) is 0 Å². The van der Waals surface area contributed by atoms with Gasteiger partial charge in [-0.15, -0.1) is 0 Å². The Morgan fingerprint density at radius 3 is 2.60 bits per heavy atom. The highest BCUT2D eigenvalue weighted by Crippen LogP contribution is 2.39. The lowest BCUT2D eigenvalue weighted by atomic mass is 10.2. The molecule has 1 saturated carbocycles. The zero-order valence-corrected chi connectivity index (χ0v) is 17.0. The Labute approximate surface area is 179 Å². The summed E-state index contributed by atoms with van der Waals surface area (Å²) in [6, 6.07) is 21.0. The summed E-state index contributed by atoms with van der Waals surface area (Å²) in [5, 5.41) is 12.7. The van der Waals surface area contributed by atoms with Crippen LogP contribution in [0.1, 0.15) is 40.5 Å². The van der Waals surface area contributed by atoms with Crippen molar-refractivity contribution in [3.8, 4) is 5.69 Å². The van der Waals surface area contributed by atoms with Gasteiger partial charge in [-0.25, -0.2) is 9.36 Å². The van der Waals surface area contributed by atoms with Gasteiger partial charge in [0.25, 0.3) is 5.91 Å². The molecule has 30 heavy (non-hydrogen) atoms. The molecule has 7 heteroatoms. The van der Waals surface area contributed by atoms with Crippen LogP contribution in [0.2, 0.25) is 5.02 Å². The number of benzene rings is 2. The van der Waals surface area contributed by atoms with Crippen LogP contribution in [0.3, 0.4) is 0 Å². The summed E-state index contributed by atoms with van der Waals surface area (Å²) in [7, 11) is 0. The molecule has 1 fully saturated rings. The number of hydrogen-bond acceptors (Lipinski definition) is 3. The van der Waals surface area contributed by atoms with Crippen LogP contribution in [-0.2, 0) is 6.54 Å². The summed E-state index contributed by atoms with van der Waals surface area (Å²) in [6.07, 6.45) is 3.91. The van der Waals surface area contributed by atoms with Gasteiger partial charge >= 0.3 is 0 Å². The molecule has 4 aromatic rings. The molecule has 0 saturated heterocycles. The molecule has 2 aromatic carbocycles. The van der Waals surface area contributed by atoms with Crippen LogP contribution in [0.5, 0.6) is 0 Å². The number of nitrogens with one attached hydrogen (secondary N) is 1. The zero-order valence-electron chi connectivity index (χ0n) is 16.2. The van der Waals surface area contributed by atoms with Gasteiger partial charge in [-0.2, -0.15) is 10.2 Å². The van der Waals surface area contributed by atoms with Crippen molar-refractivity contribution in [1.82, 2.24) is 19.6 Å². The first kappa shape index (κ1) is 18.6. The van der Waals surface area contributed by atoms with Gasteiger partial charge in [0.1, 0.15) is 11.5 Å². The number of hydrogen-bond donors (Lipinski definition) is 1. The van der Waals surface area contributed by atoms with Gasteiger partial charge in [0.15, 0.2) is 0 Å². The number of carbonyl (C=O) groups is 1. The molecule has 2 aromatic heterocycles. The first-order valence-corrected chi connectivity index (χ1v) is 10.3. The summed E-state index contributed by atoms with van der Waals surface area (Å²) in [6.45, 7) is 0.466. The summed E-state index contributed by atoms with van der Waals surface area (Å²) < 4.78 is 3.45. The van der Waals surface area contributed by atoms with Crippen LogP contribution in [-0.4, -0.2) is 25.5 Å². The van der Waals surface area contributed by atoms with Crippen LogP contribution >= 0.6 is 11.6 Å². The highest BCUT2D eigenvalue weighted by Gasteiger charge is 2.29. The molecular formula is C23H20ClN5O. The molecular weight excluding hydrogens is 398 g/mol. The molecule has 0 spiro atoms. The van der Waals surface area contributed by atoms with E-state index in [9.17, 15) is 4.79 Å². The summed E-state index contributed by atoms with van der Waals surface area (Å²) in [5.74, 6) is 0.833. The second kappa shape index (κ2) is 7.80. The normalized spacial score (nSPS) is 13.4. The van der Waals surface area contributed by atoms with Crippen LogP contribution in [0.25, 0.3) is 5.69 Å². The number of nitrogens with zero attached hydrogens (tertiary/aromatic N) is 4. The van der Waals surface area contributed by atoms with Crippen molar-refractivity contribution in [2.45, 2.75) is 25.3 Å². The van der Waals surface area contributed by atoms with E-state index in [-0.39, 0.29) is 5.91 Å². The summed E-state index contributed by atoms with van der Waals surface area (Å²) >= 11 is 6.28. The molecule has 0 atom stereocenters. The Hall–Kier alpha value is -3.38. The van der Waals surface area contributed by atoms with E-state index in [1.54, 1.807) is 21.6 Å². The Kier molecular flexibility index (Phi) is 4.85. The maximum atomic E-state index is 13.2. The first-order chi connectivity index (χ1) is 14.7. The van der Waals surface area contributed by atoms with E-state index >= 15 is 0 Å². The standard InChI is InChI=1S/C23H20ClN5O/c24-19-9-5-4-6-17(19)15-28-22(12-13-25-28)26-23(30)21-14-20(16-10-11-16)27-29(21)18-7-2-1-3-8-18/h1-9,12-14,16H,10-11,15H2,(H,26,30). The lowest BCUT2D eigenvalue weighted by molar-refractivity contribution is 0.101. The topological polar surface area (TPSA) is 64.7 Å². The second-order valence-electron chi connectivity index (χ2n) is 7.40. The van der Waals surface area contributed by atoms with Crippen LogP contribution < -0.4 is 5.32 Å². The van der Waals surface area contributed by atoms with Gasteiger partial charge in [0.2, 0.25) is 0 Å². The average molecular weight is 418 g/mol. The molecule has 1 amide bonds. The lowest BCUT2D eigenvalue weighted by Crippen LogP contribution is -2.19. The van der Waals surface area contributed by atoms with Crippen molar-refractivity contribution < 1.29 is 4.79 Å². The monoisotopic (exact) mass is 417 g/mol. The Morgan fingerprint density at radius 1 is 1.07 bits per heavy atom. The van der Waals surface area contributed by atoms with E-state index in [4.69, 9.17) is 16.7 Å². The molecule has 5 rings (SSSR count). The minimum absolute atomic E-state index is 0.223. The molecule has 0 radical (unpaired) electrons. The maximum absolute atomic E-state index is 13.2. The fraction of sp³-hybridized carbons (Fsp3) is 0.174. The number of aromatic nitrogens is 4. The third-order valence-corrected chi connectivity index (χ3v) is 5.56. The number of rotatable bonds is 6. The van der Waals surface area contributed by atoms with E-state index in [1.807, 2.05) is 60.7 Å². The largest absolute Gasteiger partial charge is 0.305 e. The SMILES string of the molecule is O=C(Nc1ccnn1Cc1ccccc1Cl)c1cc(C2CC2)nn1-c1ccccc1. The number of amides is 1. The highest BCUT2D eigenvalue weighted by atomic mass is 35.5. The minimum Gasteiger partial charge on any atom is -0.305 e. The first-order valence-electron chi connectivity index (χ1n) is 9.91. The molecule has 1 aliphatic carbocycles. The van der Waals surface area contributed by atoms with Crippen LogP contribution in [0.15, 0.2) is 72.9 Å². The summed E-state index contributed by atoms with van der Waals surface area (Å²) in [4.78, 5) is 13.2.